The summed E-state index contributed by atoms with van der Waals surface area (Å²) >= 11 is 0. The fraction of sp³-hybridized carbons (Fsp3) is 0.710. The number of nitrogens with zero attached hydrogens (tertiary/aromatic N) is 1. The van der Waals surface area contributed by atoms with E-state index in [-0.39, 0.29) is 0 Å². The van der Waals surface area contributed by atoms with E-state index in [1.54, 1.807) is 0 Å². The summed E-state index contributed by atoms with van der Waals surface area (Å²) in [5, 5.41) is 0. The first kappa shape index (κ1) is 27.7. The molecular weight excluding hydrogens is 400 g/mol. The van der Waals surface area contributed by atoms with Crippen molar-refractivity contribution in [3.8, 4) is 0 Å². The normalized spacial score (nSPS) is 13.3. The number of benzene rings is 1. The van der Waals surface area contributed by atoms with E-state index in [1.807, 2.05) is 0 Å². The summed E-state index contributed by atoms with van der Waals surface area (Å²) in [6, 6.07) is 11.8. The monoisotopic (exact) mass is 453 g/mol. The zero-order chi connectivity index (χ0) is 23.4. The number of aromatic amines is 1. The third-order valence-corrected chi connectivity index (χ3v) is 7.37. The Balaban J connectivity index is 1.87. The molecule has 0 radical (unpaired) electrons. The van der Waals surface area contributed by atoms with Gasteiger partial charge >= 0.3 is 0 Å². The van der Waals surface area contributed by atoms with Crippen LogP contribution in [-0.4, -0.2) is 4.98 Å². The van der Waals surface area contributed by atoms with Crippen LogP contribution in [0.5, 0.6) is 0 Å². The molecule has 2 unspecified atom stereocenters. The summed E-state index contributed by atoms with van der Waals surface area (Å²) in [6.07, 6.45) is 31.4. The van der Waals surface area contributed by atoms with Gasteiger partial charge in [-0.05, 0) is 31.2 Å². The van der Waals surface area contributed by atoms with Gasteiger partial charge in [0, 0.05) is 5.92 Å². The summed E-state index contributed by atoms with van der Waals surface area (Å²) in [7, 11) is 0. The van der Waals surface area contributed by atoms with Gasteiger partial charge in [-0.15, -0.1) is 0 Å². The first-order chi connectivity index (χ1) is 16.3. The van der Waals surface area contributed by atoms with E-state index < -0.39 is 0 Å². The second-order valence-electron chi connectivity index (χ2n) is 10.2. The van der Waals surface area contributed by atoms with Gasteiger partial charge in [-0.25, -0.2) is 4.57 Å². The molecule has 0 saturated heterocycles. The Morgan fingerprint density at radius 3 is 1.76 bits per heavy atom. The molecule has 33 heavy (non-hydrogen) atoms. The molecule has 0 aliphatic heterocycles. The van der Waals surface area contributed by atoms with Gasteiger partial charge in [0.2, 0.25) is 6.33 Å². The third-order valence-electron chi connectivity index (χ3n) is 7.37. The number of rotatable bonds is 21. The average Bonchev–Trinajstić information content (AvgIpc) is 3.37. The van der Waals surface area contributed by atoms with Crippen molar-refractivity contribution in [3.63, 3.8) is 0 Å². The predicted octanol–water partition coefficient (Wildman–Crippen LogP) is 9.37. The summed E-state index contributed by atoms with van der Waals surface area (Å²) in [5.74, 6) is 0.716. The quantitative estimate of drug-likeness (QED) is 0.143. The molecule has 0 saturated carbocycles. The molecule has 0 aliphatic carbocycles. The van der Waals surface area contributed by atoms with Crippen molar-refractivity contribution >= 4 is 0 Å². The summed E-state index contributed by atoms with van der Waals surface area (Å²) in [4.78, 5) is 3.32. The Labute approximate surface area is 205 Å². The maximum absolute atomic E-state index is 3.32. The minimum absolute atomic E-state index is 0.608. The van der Waals surface area contributed by atoms with E-state index in [0.717, 1.165) is 0 Å². The highest BCUT2D eigenvalue weighted by atomic mass is 15.1. The molecule has 0 fully saturated rings. The van der Waals surface area contributed by atoms with E-state index in [2.05, 4.69) is 72.5 Å². The molecule has 1 aromatic carbocycles. The van der Waals surface area contributed by atoms with Gasteiger partial charge in [0.25, 0.3) is 0 Å². The van der Waals surface area contributed by atoms with Crippen LogP contribution in [0.1, 0.15) is 135 Å². The number of nitrogens with one attached hydrogen (secondary N) is 1. The first-order valence-electron chi connectivity index (χ1n) is 14.4. The number of hydrogen-bond acceptors (Lipinski definition) is 0. The molecule has 186 valence electrons. The van der Waals surface area contributed by atoms with Crippen molar-refractivity contribution < 1.29 is 4.57 Å². The molecule has 2 atom stereocenters. The van der Waals surface area contributed by atoms with Crippen molar-refractivity contribution in [2.45, 2.75) is 135 Å². The summed E-state index contributed by atoms with van der Waals surface area (Å²) in [6.45, 7) is 4.61. The zero-order valence-corrected chi connectivity index (χ0v) is 21.9. The zero-order valence-electron chi connectivity index (χ0n) is 21.9. The number of unbranched alkanes of at least 4 members (excludes halogenated alkanes) is 13. The molecular formula is C31H53N2+. The molecule has 0 amide bonds. The Hall–Kier alpha value is -1.57. The number of aromatic nitrogens is 2. The second kappa shape index (κ2) is 18.8. The van der Waals surface area contributed by atoms with Gasteiger partial charge in [0.05, 0.1) is 0 Å². The molecule has 2 nitrogen and oxygen atoms in total. The molecule has 2 rings (SSSR count). The molecule has 0 bridgehead atoms. The van der Waals surface area contributed by atoms with Gasteiger partial charge in [-0.3, -0.25) is 4.98 Å². The molecule has 1 N–H and O–H groups in total. The molecule has 2 aromatic rings. The summed E-state index contributed by atoms with van der Waals surface area (Å²) in [5.41, 5.74) is 1.50. The van der Waals surface area contributed by atoms with E-state index in [4.69, 9.17) is 0 Å². The topological polar surface area (TPSA) is 19.7 Å². The standard InChI is InChI=1S/C31H52N2/c1-3-5-7-9-11-12-13-15-20-24-31(33-26-25-32-28-33)30(23-19-14-10-8-6-4-2)27-29-21-17-16-18-22-29/h16-18,21-22,25-26,28,30-31H,3-15,19-20,23-24,27H2,1-2H3/p+1. The van der Waals surface area contributed by atoms with Crippen molar-refractivity contribution in [1.82, 2.24) is 4.98 Å². The Kier molecular flexibility index (Phi) is 15.8. The van der Waals surface area contributed by atoms with Crippen molar-refractivity contribution in [1.29, 1.82) is 0 Å². The third kappa shape index (κ3) is 12.5. The fourth-order valence-electron chi connectivity index (χ4n) is 5.33. The van der Waals surface area contributed by atoms with Crippen LogP contribution in [0.4, 0.5) is 0 Å². The lowest BCUT2D eigenvalue weighted by Crippen LogP contribution is -2.42. The minimum Gasteiger partial charge on any atom is -0.250 e. The smallest absolute Gasteiger partial charge is 0.241 e. The number of hydrogen-bond donors (Lipinski definition) is 1. The van der Waals surface area contributed by atoms with Gasteiger partial charge < -0.3 is 0 Å². The van der Waals surface area contributed by atoms with Crippen LogP contribution in [0.3, 0.4) is 0 Å². The number of imidazole rings is 1. The largest absolute Gasteiger partial charge is 0.250 e. The molecule has 2 heteroatoms. The van der Waals surface area contributed by atoms with Gasteiger partial charge in [0.1, 0.15) is 18.4 Å². The summed E-state index contributed by atoms with van der Waals surface area (Å²) < 4.78 is 2.48. The maximum Gasteiger partial charge on any atom is 0.241 e. The van der Waals surface area contributed by atoms with Crippen LogP contribution in [0.15, 0.2) is 49.1 Å². The van der Waals surface area contributed by atoms with Gasteiger partial charge in [-0.2, -0.15) is 0 Å². The number of H-pyrrole nitrogens is 1. The lowest BCUT2D eigenvalue weighted by molar-refractivity contribution is -0.730. The highest BCUT2D eigenvalue weighted by Gasteiger charge is 2.26. The van der Waals surface area contributed by atoms with E-state index in [9.17, 15) is 0 Å². The Bertz CT molecular complexity index is 649. The molecule has 1 heterocycles. The lowest BCUT2D eigenvalue weighted by atomic mass is 9.84. The SMILES string of the molecule is CCCCCCCCCCCC(C(CCCCCCCC)Cc1ccccc1)[n+]1cc[nH]c1. The van der Waals surface area contributed by atoms with Crippen LogP contribution in [0.2, 0.25) is 0 Å². The Morgan fingerprint density at radius 1 is 0.667 bits per heavy atom. The van der Waals surface area contributed by atoms with Crippen molar-refractivity contribution in [3.05, 3.63) is 54.6 Å². The second-order valence-corrected chi connectivity index (χ2v) is 10.2. The maximum atomic E-state index is 3.32. The van der Waals surface area contributed by atoms with E-state index in [1.165, 1.54) is 121 Å². The van der Waals surface area contributed by atoms with Crippen LogP contribution in [0, 0.1) is 5.92 Å². The van der Waals surface area contributed by atoms with Crippen LogP contribution in [0.25, 0.3) is 0 Å². The van der Waals surface area contributed by atoms with Crippen LogP contribution in [-0.2, 0) is 6.42 Å². The van der Waals surface area contributed by atoms with Gasteiger partial charge in [0.15, 0.2) is 0 Å². The minimum atomic E-state index is 0.608. The van der Waals surface area contributed by atoms with Crippen molar-refractivity contribution in [2.24, 2.45) is 5.92 Å². The van der Waals surface area contributed by atoms with Crippen molar-refractivity contribution in [2.75, 3.05) is 0 Å². The predicted molar refractivity (Wildman–Crippen MR) is 143 cm³/mol. The average molecular weight is 454 g/mol. The molecule has 0 spiro atoms. The highest BCUT2D eigenvalue weighted by molar-refractivity contribution is 5.15. The van der Waals surface area contributed by atoms with Gasteiger partial charge in [-0.1, -0.05) is 134 Å². The molecule has 1 aromatic heterocycles. The highest BCUT2D eigenvalue weighted by Crippen LogP contribution is 2.29. The van der Waals surface area contributed by atoms with Crippen LogP contribution >= 0.6 is 0 Å². The lowest BCUT2D eigenvalue weighted by Gasteiger charge is -2.25. The first-order valence-corrected chi connectivity index (χ1v) is 14.4. The van der Waals surface area contributed by atoms with E-state index in [0.29, 0.717) is 12.0 Å². The van der Waals surface area contributed by atoms with Crippen LogP contribution < -0.4 is 4.57 Å². The Morgan fingerprint density at radius 2 is 1.21 bits per heavy atom. The molecule has 0 aliphatic rings. The fourth-order valence-corrected chi connectivity index (χ4v) is 5.33. The van der Waals surface area contributed by atoms with E-state index >= 15 is 0 Å².